The molecule has 0 aliphatic carbocycles. The third kappa shape index (κ3) is 3.20. The van der Waals surface area contributed by atoms with Gasteiger partial charge >= 0.3 is 0 Å². The predicted octanol–water partition coefficient (Wildman–Crippen LogP) is 3.62. The van der Waals surface area contributed by atoms with Crippen molar-refractivity contribution in [1.82, 2.24) is 9.97 Å². The minimum atomic E-state index is 0.608. The Morgan fingerprint density at radius 3 is 2.72 bits per heavy atom. The summed E-state index contributed by atoms with van der Waals surface area (Å²) in [6.07, 6.45) is 5.06. The molecule has 0 saturated heterocycles. The zero-order chi connectivity index (χ0) is 13.0. The number of methoxy groups -OCH3 is 1. The van der Waals surface area contributed by atoms with E-state index in [4.69, 9.17) is 4.74 Å². The second kappa shape index (κ2) is 6.15. The van der Waals surface area contributed by atoms with Crippen molar-refractivity contribution in [3.05, 3.63) is 45.4 Å². The summed E-state index contributed by atoms with van der Waals surface area (Å²) < 4.78 is 7.12. The van der Waals surface area contributed by atoms with E-state index in [1.165, 1.54) is 0 Å². The number of halogens is 2. The summed E-state index contributed by atoms with van der Waals surface area (Å²) in [4.78, 5) is 8.22. The Morgan fingerprint density at radius 2 is 2.06 bits per heavy atom. The lowest BCUT2D eigenvalue weighted by Crippen LogP contribution is -2.02. The first kappa shape index (κ1) is 13.3. The molecule has 0 unspecified atom stereocenters. The fourth-order valence-electron chi connectivity index (χ4n) is 1.43. The molecule has 1 heterocycles. The van der Waals surface area contributed by atoms with Gasteiger partial charge in [0.1, 0.15) is 5.75 Å². The van der Waals surface area contributed by atoms with E-state index in [0.717, 1.165) is 26.1 Å². The molecule has 0 radical (unpaired) electrons. The average Bonchev–Trinajstić information content (AvgIpc) is 2.39. The van der Waals surface area contributed by atoms with Gasteiger partial charge in [-0.3, -0.25) is 9.97 Å². The summed E-state index contributed by atoms with van der Waals surface area (Å²) >= 11 is 6.93. The van der Waals surface area contributed by atoms with Crippen molar-refractivity contribution in [2.45, 2.75) is 6.54 Å². The van der Waals surface area contributed by atoms with E-state index in [1.807, 2.05) is 12.1 Å². The molecule has 2 rings (SSSR count). The minimum absolute atomic E-state index is 0.608. The number of nitrogens with one attached hydrogen (secondary N) is 1. The van der Waals surface area contributed by atoms with Gasteiger partial charge in [-0.15, -0.1) is 0 Å². The molecule has 0 fully saturated rings. The summed E-state index contributed by atoms with van der Waals surface area (Å²) in [7, 11) is 1.64. The SMILES string of the molecule is COc1cc(NCc2cnccn2)c(Br)cc1Br. The van der Waals surface area contributed by atoms with Gasteiger partial charge in [-0.1, -0.05) is 0 Å². The molecule has 0 saturated carbocycles. The first-order valence-corrected chi connectivity index (χ1v) is 6.81. The smallest absolute Gasteiger partial charge is 0.135 e. The van der Waals surface area contributed by atoms with E-state index in [2.05, 4.69) is 47.1 Å². The Labute approximate surface area is 122 Å². The fourth-order valence-corrected chi connectivity index (χ4v) is 2.72. The van der Waals surface area contributed by atoms with Gasteiger partial charge in [0.05, 0.1) is 35.7 Å². The zero-order valence-electron chi connectivity index (χ0n) is 9.65. The molecule has 6 heteroatoms. The molecule has 94 valence electrons. The number of ether oxygens (including phenoxy) is 1. The third-order valence-corrected chi connectivity index (χ3v) is 3.59. The van der Waals surface area contributed by atoms with Crippen molar-refractivity contribution in [3.8, 4) is 5.75 Å². The number of anilines is 1. The maximum Gasteiger partial charge on any atom is 0.135 e. The molecule has 1 N–H and O–H groups in total. The topological polar surface area (TPSA) is 47.0 Å². The lowest BCUT2D eigenvalue weighted by molar-refractivity contribution is 0.412. The van der Waals surface area contributed by atoms with Crippen molar-refractivity contribution >= 4 is 37.5 Å². The first-order valence-electron chi connectivity index (χ1n) is 5.22. The van der Waals surface area contributed by atoms with Gasteiger partial charge in [-0.05, 0) is 37.9 Å². The molecular weight excluding hydrogens is 362 g/mol. The van der Waals surface area contributed by atoms with Crippen LogP contribution >= 0.6 is 31.9 Å². The summed E-state index contributed by atoms with van der Waals surface area (Å²) in [5, 5.41) is 3.28. The van der Waals surface area contributed by atoms with Gasteiger partial charge in [0.2, 0.25) is 0 Å². The molecule has 0 bridgehead atoms. The van der Waals surface area contributed by atoms with Crippen LogP contribution in [0.2, 0.25) is 0 Å². The van der Waals surface area contributed by atoms with E-state index >= 15 is 0 Å². The van der Waals surface area contributed by atoms with Crippen LogP contribution in [0.5, 0.6) is 5.75 Å². The fraction of sp³-hybridized carbons (Fsp3) is 0.167. The monoisotopic (exact) mass is 371 g/mol. The molecule has 18 heavy (non-hydrogen) atoms. The molecular formula is C12H11Br2N3O. The lowest BCUT2D eigenvalue weighted by atomic mass is 10.3. The van der Waals surface area contributed by atoms with Gasteiger partial charge in [-0.25, -0.2) is 0 Å². The highest BCUT2D eigenvalue weighted by Crippen LogP contribution is 2.34. The van der Waals surface area contributed by atoms with Crippen LogP contribution in [0.3, 0.4) is 0 Å². The van der Waals surface area contributed by atoms with E-state index in [9.17, 15) is 0 Å². The van der Waals surface area contributed by atoms with Gasteiger partial charge in [0.25, 0.3) is 0 Å². The summed E-state index contributed by atoms with van der Waals surface area (Å²) in [6.45, 7) is 0.608. The maximum absolute atomic E-state index is 5.26. The standard InChI is InChI=1S/C12H11Br2N3O/c1-18-12-5-11(9(13)4-10(12)14)17-7-8-6-15-2-3-16-8/h2-6,17H,7H2,1H3. The molecule has 4 nitrogen and oxygen atoms in total. The van der Waals surface area contributed by atoms with Crippen LogP contribution in [0.4, 0.5) is 5.69 Å². The predicted molar refractivity (Wildman–Crippen MR) is 77.8 cm³/mol. The quantitative estimate of drug-likeness (QED) is 0.890. The highest BCUT2D eigenvalue weighted by Gasteiger charge is 2.07. The zero-order valence-corrected chi connectivity index (χ0v) is 12.8. The molecule has 0 amide bonds. The molecule has 1 aromatic carbocycles. The molecule has 2 aromatic rings. The summed E-state index contributed by atoms with van der Waals surface area (Å²) in [5.41, 5.74) is 1.83. The second-order valence-electron chi connectivity index (χ2n) is 3.52. The van der Waals surface area contributed by atoms with Crippen molar-refractivity contribution < 1.29 is 4.74 Å². The Bertz CT molecular complexity index is 534. The van der Waals surface area contributed by atoms with Crippen LogP contribution in [0, 0.1) is 0 Å². The third-order valence-electron chi connectivity index (χ3n) is 2.32. The number of rotatable bonds is 4. The van der Waals surface area contributed by atoms with Crippen LogP contribution in [0.15, 0.2) is 39.7 Å². The van der Waals surface area contributed by atoms with Crippen LogP contribution in [0.1, 0.15) is 5.69 Å². The first-order chi connectivity index (χ1) is 8.70. The van der Waals surface area contributed by atoms with Gasteiger partial charge in [0, 0.05) is 22.9 Å². The Morgan fingerprint density at radius 1 is 1.22 bits per heavy atom. The van der Waals surface area contributed by atoms with E-state index < -0.39 is 0 Å². The van der Waals surface area contributed by atoms with Crippen LogP contribution in [-0.4, -0.2) is 17.1 Å². The van der Waals surface area contributed by atoms with Gasteiger partial charge in [0.15, 0.2) is 0 Å². The minimum Gasteiger partial charge on any atom is -0.495 e. The maximum atomic E-state index is 5.26. The Hall–Kier alpha value is -1.14. The highest BCUT2D eigenvalue weighted by atomic mass is 79.9. The van der Waals surface area contributed by atoms with Crippen LogP contribution in [-0.2, 0) is 6.54 Å². The number of aromatic nitrogens is 2. The molecule has 0 spiro atoms. The lowest BCUT2D eigenvalue weighted by Gasteiger charge is -2.11. The summed E-state index contributed by atoms with van der Waals surface area (Å²) in [6, 6.07) is 3.86. The highest BCUT2D eigenvalue weighted by molar-refractivity contribution is 9.11. The van der Waals surface area contributed by atoms with Gasteiger partial charge in [-0.2, -0.15) is 0 Å². The van der Waals surface area contributed by atoms with Crippen molar-refractivity contribution in [2.75, 3.05) is 12.4 Å². The van der Waals surface area contributed by atoms with Crippen LogP contribution < -0.4 is 10.1 Å². The molecule has 1 aromatic heterocycles. The van der Waals surface area contributed by atoms with E-state index in [1.54, 1.807) is 25.7 Å². The number of nitrogens with zero attached hydrogens (tertiary/aromatic N) is 2. The molecule has 0 aliphatic heterocycles. The van der Waals surface area contributed by atoms with E-state index in [-0.39, 0.29) is 0 Å². The number of benzene rings is 1. The van der Waals surface area contributed by atoms with E-state index in [0.29, 0.717) is 6.54 Å². The summed E-state index contributed by atoms with van der Waals surface area (Å²) in [5.74, 6) is 0.778. The van der Waals surface area contributed by atoms with Crippen molar-refractivity contribution in [1.29, 1.82) is 0 Å². The number of hydrogen-bond donors (Lipinski definition) is 1. The largest absolute Gasteiger partial charge is 0.495 e. The van der Waals surface area contributed by atoms with Crippen LogP contribution in [0.25, 0.3) is 0 Å². The van der Waals surface area contributed by atoms with Crippen molar-refractivity contribution in [2.24, 2.45) is 0 Å². The normalized spacial score (nSPS) is 10.2. The Kier molecular flexibility index (Phi) is 4.54. The molecule has 0 atom stereocenters. The van der Waals surface area contributed by atoms with Crippen molar-refractivity contribution in [3.63, 3.8) is 0 Å². The Balaban J connectivity index is 2.14. The second-order valence-corrected chi connectivity index (χ2v) is 5.23. The van der Waals surface area contributed by atoms with Gasteiger partial charge < -0.3 is 10.1 Å². The number of hydrogen-bond acceptors (Lipinski definition) is 4. The molecule has 0 aliphatic rings. The average molecular weight is 373 g/mol.